The number of likely N-dealkylation sites (N-methyl/N-ethyl adjacent to an activating group) is 1. The Bertz CT molecular complexity index is 246. The van der Waals surface area contributed by atoms with E-state index in [1.807, 2.05) is 0 Å². The summed E-state index contributed by atoms with van der Waals surface area (Å²) in [5.41, 5.74) is 0. The topological polar surface area (TPSA) is 27.7 Å². The van der Waals surface area contributed by atoms with Gasteiger partial charge in [-0.05, 0) is 33.0 Å². The molecule has 1 N–H and O–H groups in total. The first-order chi connectivity index (χ1) is 9.52. The normalized spacial score (nSPS) is 23.4. The first-order valence-electron chi connectivity index (χ1n) is 8.21. The second-order valence-electron chi connectivity index (χ2n) is 6.81. The van der Waals surface area contributed by atoms with Crippen molar-refractivity contribution >= 4 is 0 Å². The molecule has 2 unspecified atom stereocenters. The van der Waals surface area contributed by atoms with Gasteiger partial charge in [-0.2, -0.15) is 0 Å². The van der Waals surface area contributed by atoms with Crippen molar-refractivity contribution in [2.45, 2.75) is 33.2 Å². The fourth-order valence-corrected chi connectivity index (χ4v) is 2.78. The lowest BCUT2D eigenvalue weighted by Crippen LogP contribution is -2.44. The van der Waals surface area contributed by atoms with Gasteiger partial charge < -0.3 is 19.9 Å². The minimum Gasteiger partial charge on any atom is -0.379 e. The van der Waals surface area contributed by atoms with Gasteiger partial charge in [0.05, 0.1) is 13.2 Å². The van der Waals surface area contributed by atoms with Crippen LogP contribution >= 0.6 is 0 Å². The maximum Gasteiger partial charge on any atom is 0.0623 e. The molecular formula is C16H35N3O. The number of nitrogens with one attached hydrogen (secondary N) is 1. The third-order valence-electron chi connectivity index (χ3n) is 3.83. The summed E-state index contributed by atoms with van der Waals surface area (Å²) < 4.78 is 5.70. The second-order valence-corrected chi connectivity index (χ2v) is 6.81. The fraction of sp³-hybridized carbons (Fsp3) is 1.00. The van der Waals surface area contributed by atoms with Crippen molar-refractivity contribution in [1.82, 2.24) is 15.1 Å². The number of ether oxygens (including phenoxy) is 1. The summed E-state index contributed by atoms with van der Waals surface area (Å²) in [6.07, 6.45) is 1.19. The van der Waals surface area contributed by atoms with E-state index in [1.165, 1.54) is 13.0 Å². The molecule has 1 heterocycles. The molecule has 2 atom stereocenters. The number of rotatable bonds is 10. The highest BCUT2D eigenvalue weighted by atomic mass is 16.5. The standard InChI is InChI=1S/C16H35N3O/c1-6-7-17-16-13-20-12-15(16)11-19(10-14(2)3)9-8-18(4)5/h14-17H,6-13H2,1-5H3. The lowest BCUT2D eigenvalue weighted by molar-refractivity contribution is 0.155. The summed E-state index contributed by atoms with van der Waals surface area (Å²) >= 11 is 0. The number of nitrogens with zero attached hydrogens (tertiary/aromatic N) is 2. The largest absolute Gasteiger partial charge is 0.379 e. The second kappa shape index (κ2) is 9.72. The van der Waals surface area contributed by atoms with Crippen molar-refractivity contribution in [2.75, 3.05) is 60.0 Å². The van der Waals surface area contributed by atoms with Gasteiger partial charge in [-0.15, -0.1) is 0 Å². The summed E-state index contributed by atoms with van der Waals surface area (Å²) in [5.74, 6) is 1.36. The quantitative estimate of drug-likeness (QED) is 0.659. The molecular weight excluding hydrogens is 250 g/mol. The van der Waals surface area contributed by atoms with E-state index < -0.39 is 0 Å². The van der Waals surface area contributed by atoms with Gasteiger partial charge in [0.25, 0.3) is 0 Å². The lowest BCUT2D eigenvalue weighted by atomic mass is 10.0. The molecule has 0 bridgehead atoms. The third kappa shape index (κ3) is 7.02. The van der Waals surface area contributed by atoms with Crippen LogP contribution in [0.3, 0.4) is 0 Å². The van der Waals surface area contributed by atoms with E-state index in [2.05, 4.69) is 50.0 Å². The highest BCUT2D eigenvalue weighted by Crippen LogP contribution is 2.16. The SMILES string of the molecule is CCCNC1COCC1CN(CCN(C)C)CC(C)C. The Morgan fingerprint density at radius 2 is 1.95 bits per heavy atom. The van der Waals surface area contributed by atoms with E-state index >= 15 is 0 Å². The van der Waals surface area contributed by atoms with Crippen LogP contribution in [0.1, 0.15) is 27.2 Å². The monoisotopic (exact) mass is 285 g/mol. The minimum atomic E-state index is 0.545. The van der Waals surface area contributed by atoms with Crippen LogP contribution in [0.4, 0.5) is 0 Å². The maximum atomic E-state index is 5.70. The molecule has 0 aromatic heterocycles. The maximum absolute atomic E-state index is 5.70. The molecule has 0 spiro atoms. The number of hydrogen-bond donors (Lipinski definition) is 1. The molecule has 0 aliphatic carbocycles. The van der Waals surface area contributed by atoms with Crippen molar-refractivity contribution in [1.29, 1.82) is 0 Å². The summed E-state index contributed by atoms with van der Waals surface area (Å²) in [6.45, 7) is 14.4. The molecule has 120 valence electrons. The van der Waals surface area contributed by atoms with Gasteiger partial charge in [0.15, 0.2) is 0 Å². The molecule has 0 radical (unpaired) electrons. The Balaban J connectivity index is 2.44. The van der Waals surface area contributed by atoms with Crippen LogP contribution in [-0.4, -0.2) is 75.9 Å². The van der Waals surface area contributed by atoms with Gasteiger partial charge in [0.2, 0.25) is 0 Å². The molecule has 1 aliphatic heterocycles. The average Bonchev–Trinajstić information content (AvgIpc) is 2.80. The molecule has 1 aliphatic rings. The van der Waals surface area contributed by atoms with Gasteiger partial charge in [-0.1, -0.05) is 20.8 Å². The zero-order valence-corrected chi connectivity index (χ0v) is 14.2. The lowest BCUT2D eigenvalue weighted by Gasteiger charge is -2.30. The van der Waals surface area contributed by atoms with Crippen LogP contribution in [0.25, 0.3) is 0 Å². The van der Waals surface area contributed by atoms with Crippen molar-refractivity contribution in [3.05, 3.63) is 0 Å². The van der Waals surface area contributed by atoms with Crippen molar-refractivity contribution in [3.63, 3.8) is 0 Å². The Morgan fingerprint density at radius 1 is 1.20 bits per heavy atom. The molecule has 0 amide bonds. The predicted molar refractivity (Wildman–Crippen MR) is 86.2 cm³/mol. The van der Waals surface area contributed by atoms with Crippen LogP contribution in [0.2, 0.25) is 0 Å². The average molecular weight is 285 g/mol. The van der Waals surface area contributed by atoms with Crippen LogP contribution in [0.15, 0.2) is 0 Å². The van der Waals surface area contributed by atoms with Crippen LogP contribution < -0.4 is 5.32 Å². The fourth-order valence-electron chi connectivity index (χ4n) is 2.78. The van der Waals surface area contributed by atoms with Crippen LogP contribution in [0.5, 0.6) is 0 Å². The van der Waals surface area contributed by atoms with Crippen LogP contribution in [0, 0.1) is 11.8 Å². The van der Waals surface area contributed by atoms with Gasteiger partial charge in [0, 0.05) is 38.1 Å². The Kier molecular flexibility index (Phi) is 8.69. The van der Waals surface area contributed by atoms with E-state index in [1.54, 1.807) is 0 Å². The van der Waals surface area contributed by atoms with E-state index in [0.29, 0.717) is 12.0 Å². The van der Waals surface area contributed by atoms with Gasteiger partial charge in [-0.25, -0.2) is 0 Å². The summed E-state index contributed by atoms with van der Waals surface area (Å²) in [5, 5.41) is 3.64. The highest BCUT2D eigenvalue weighted by Gasteiger charge is 2.29. The van der Waals surface area contributed by atoms with Crippen LogP contribution in [-0.2, 0) is 4.74 Å². The molecule has 0 aromatic carbocycles. The summed E-state index contributed by atoms with van der Waals surface area (Å²) in [7, 11) is 4.30. The highest BCUT2D eigenvalue weighted by molar-refractivity contribution is 4.84. The Morgan fingerprint density at radius 3 is 2.55 bits per heavy atom. The van der Waals surface area contributed by atoms with Gasteiger partial charge >= 0.3 is 0 Å². The van der Waals surface area contributed by atoms with Crippen molar-refractivity contribution < 1.29 is 4.74 Å². The Hall–Kier alpha value is -0.160. The molecule has 0 aromatic rings. The van der Waals surface area contributed by atoms with Crippen molar-refractivity contribution in [2.24, 2.45) is 11.8 Å². The molecule has 1 saturated heterocycles. The first-order valence-corrected chi connectivity index (χ1v) is 8.21. The molecule has 4 nitrogen and oxygen atoms in total. The molecule has 1 fully saturated rings. The smallest absolute Gasteiger partial charge is 0.0623 e. The molecule has 20 heavy (non-hydrogen) atoms. The summed E-state index contributed by atoms with van der Waals surface area (Å²) in [4.78, 5) is 4.88. The zero-order chi connectivity index (χ0) is 15.0. The van der Waals surface area contributed by atoms with E-state index in [4.69, 9.17) is 4.74 Å². The minimum absolute atomic E-state index is 0.545. The predicted octanol–water partition coefficient (Wildman–Crippen LogP) is 1.52. The van der Waals surface area contributed by atoms with Crippen molar-refractivity contribution in [3.8, 4) is 0 Å². The third-order valence-corrected chi connectivity index (χ3v) is 3.83. The molecule has 4 heteroatoms. The Labute approximate surface area is 125 Å². The molecule has 0 saturated carbocycles. The first kappa shape index (κ1) is 17.9. The summed E-state index contributed by atoms with van der Waals surface area (Å²) in [6, 6.07) is 0.545. The van der Waals surface area contributed by atoms with E-state index in [9.17, 15) is 0 Å². The molecule has 1 rings (SSSR count). The zero-order valence-electron chi connectivity index (χ0n) is 14.2. The number of hydrogen-bond acceptors (Lipinski definition) is 4. The van der Waals surface area contributed by atoms with Gasteiger partial charge in [0.1, 0.15) is 0 Å². The van der Waals surface area contributed by atoms with Gasteiger partial charge in [-0.3, -0.25) is 0 Å². The van der Waals surface area contributed by atoms with E-state index in [0.717, 1.165) is 45.3 Å². The van der Waals surface area contributed by atoms with E-state index in [-0.39, 0.29) is 0 Å².